The number of nitrogens with one attached hydrogen (secondary N) is 1. The van der Waals surface area contributed by atoms with Gasteiger partial charge in [0.05, 0.1) is 7.11 Å². The van der Waals surface area contributed by atoms with Gasteiger partial charge in [-0.3, -0.25) is 0 Å². The Morgan fingerprint density at radius 1 is 1.00 bits per heavy atom. The maximum absolute atomic E-state index is 13.4. The van der Waals surface area contributed by atoms with Gasteiger partial charge in [-0.15, -0.1) is 0 Å². The van der Waals surface area contributed by atoms with E-state index < -0.39 is 29.2 Å². The van der Waals surface area contributed by atoms with E-state index in [-0.39, 0.29) is 11.4 Å². The second-order valence-electron chi connectivity index (χ2n) is 3.57. The summed E-state index contributed by atoms with van der Waals surface area (Å²) >= 11 is 0. The van der Waals surface area contributed by atoms with E-state index in [9.17, 15) is 17.6 Å². The number of hydrogen-bond donors (Lipinski definition) is 1. The Hall–Kier alpha value is -2.31. The molecule has 0 aliphatic carbocycles. The number of rotatable bonds is 3. The van der Waals surface area contributed by atoms with Crippen molar-refractivity contribution in [1.29, 1.82) is 0 Å². The van der Waals surface area contributed by atoms with Crippen molar-refractivity contribution in [2.45, 2.75) is 0 Å². The minimum Gasteiger partial charge on any atom is -0.494 e. The summed E-state index contributed by atoms with van der Waals surface area (Å²) in [5.74, 6) is -5.15. The quantitative estimate of drug-likeness (QED) is 0.687. The molecule has 2 rings (SSSR count). The molecule has 0 saturated heterocycles. The molecule has 1 aromatic heterocycles. The first-order chi connectivity index (χ1) is 9.01. The fourth-order valence-corrected chi connectivity index (χ4v) is 1.41. The molecule has 0 aliphatic heterocycles. The molecule has 1 heterocycles. The number of ether oxygens (including phenoxy) is 1. The lowest BCUT2D eigenvalue weighted by Gasteiger charge is -2.08. The fraction of sp³-hybridized carbons (Fsp3) is 0.0833. The molecular weight excluding hydrogens is 264 g/mol. The highest BCUT2D eigenvalue weighted by molar-refractivity contribution is 5.57. The maximum Gasteiger partial charge on any atom is 0.251 e. The third kappa shape index (κ3) is 2.75. The zero-order valence-corrected chi connectivity index (χ0v) is 9.68. The summed E-state index contributed by atoms with van der Waals surface area (Å²) in [6.45, 7) is 0. The van der Waals surface area contributed by atoms with E-state index in [4.69, 9.17) is 4.74 Å². The number of nitrogens with zero attached hydrogens (tertiary/aromatic N) is 1. The number of benzene rings is 1. The molecule has 0 saturated carbocycles. The van der Waals surface area contributed by atoms with Crippen LogP contribution in [-0.2, 0) is 0 Å². The molecule has 1 N–H and O–H groups in total. The first kappa shape index (κ1) is 13.1. The van der Waals surface area contributed by atoms with Crippen LogP contribution in [-0.4, -0.2) is 12.1 Å². The summed E-state index contributed by atoms with van der Waals surface area (Å²) in [5.41, 5.74) is 0.121. The van der Waals surface area contributed by atoms with E-state index in [0.717, 1.165) is 6.07 Å². The van der Waals surface area contributed by atoms with E-state index in [1.165, 1.54) is 19.2 Å². The van der Waals surface area contributed by atoms with Crippen LogP contribution >= 0.6 is 0 Å². The predicted molar refractivity (Wildman–Crippen MR) is 60.3 cm³/mol. The second-order valence-corrected chi connectivity index (χ2v) is 3.57. The molecule has 0 amide bonds. The molecule has 19 heavy (non-hydrogen) atoms. The molecular formula is C12H8F4N2O. The zero-order chi connectivity index (χ0) is 14.0. The number of anilines is 2. The summed E-state index contributed by atoms with van der Waals surface area (Å²) in [7, 11) is 1.29. The van der Waals surface area contributed by atoms with Crippen molar-refractivity contribution in [3.63, 3.8) is 0 Å². The average molecular weight is 272 g/mol. The van der Waals surface area contributed by atoms with Crippen LogP contribution in [0.1, 0.15) is 0 Å². The fourth-order valence-electron chi connectivity index (χ4n) is 1.41. The van der Waals surface area contributed by atoms with Crippen LogP contribution in [0.25, 0.3) is 0 Å². The summed E-state index contributed by atoms with van der Waals surface area (Å²) in [5, 5.41) is 2.34. The SMILES string of the molecule is COc1ccc(Nc2nc(F)c(F)cc2F)cc1F. The average Bonchev–Trinajstić information content (AvgIpc) is 2.36. The van der Waals surface area contributed by atoms with Crippen molar-refractivity contribution in [2.24, 2.45) is 0 Å². The summed E-state index contributed by atoms with van der Waals surface area (Å²) in [4.78, 5) is 3.06. The Balaban J connectivity index is 2.31. The molecule has 0 unspecified atom stereocenters. The van der Waals surface area contributed by atoms with E-state index >= 15 is 0 Å². The molecule has 1 aromatic carbocycles. The van der Waals surface area contributed by atoms with Crippen LogP contribution < -0.4 is 10.1 Å². The molecule has 7 heteroatoms. The molecule has 0 spiro atoms. The van der Waals surface area contributed by atoms with E-state index in [2.05, 4.69) is 10.3 Å². The summed E-state index contributed by atoms with van der Waals surface area (Å²) in [6.07, 6.45) is 0. The highest BCUT2D eigenvalue weighted by Crippen LogP contribution is 2.24. The Morgan fingerprint density at radius 2 is 1.74 bits per heavy atom. The highest BCUT2D eigenvalue weighted by atomic mass is 19.2. The summed E-state index contributed by atoms with van der Waals surface area (Å²) in [6, 6.07) is 4.05. The smallest absolute Gasteiger partial charge is 0.251 e. The Morgan fingerprint density at radius 3 is 2.37 bits per heavy atom. The second kappa shape index (κ2) is 5.13. The van der Waals surface area contributed by atoms with Gasteiger partial charge in [0.1, 0.15) is 0 Å². The number of pyridine rings is 1. The van der Waals surface area contributed by atoms with Crippen LogP contribution in [0.5, 0.6) is 5.75 Å². The van der Waals surface area contributed by atoms with Gasteiger partial charge < -0.3 is 10.1 Å². The van der Waals surface area contributed by atoms with Gasteiger partial charge in [-0.05, 0) is 12.1 Å². The number of halogens is 4. The van der Waals surface area contributed by atoms with Crippen LogP contribution in [0, 0.1) is 23.4 Å². The molecule has 0 atom stereocenters. The van der Waals surface area contributed by atoms with E-state index in [0.29, 0.717) is 6.07 Å². The van der Waals surface area contributed by atoms with Crippen LogP contribution in [0.3, 0.4) is 0 Å². The minimum absolute atomic E-state index is 0.00395. The molecule has 0 aliphatic rings. The molecule has 0 radical (unpaired) electrons. The molecule has 2 aromatic rings. The lowest BCUT2D eigenvalue weighted by Crippen LogP contribution is -2.02. The minimum atomic E-state index is -1.45. The van der Waals surface area contributed by atoms with Gasteiger partial charge in [0, 0.05) is 17.8 Å². The van der Waals surface area contributed by atoms with E-state index in [1.807, 2.05) is 0 Å². The van der Waals surface area contributed by atoms with Crippen molar-refractivity contribution in [1.82, 2.24) is 4.98 Å². The monoisotopic (exact) mass is 272 g/mol. The Bertz CT molecular complexity index is 619. The zero-order valence-electron chi connectivity index (χ0n) is 9.68. The maximum atomic E-state index is 13.4. The standard InChI is InChI=1S/C12H8F4N2O/c1-19-10-3-2-6(4-7(10)13)17-12-9(15)5-8(14)11(16)18-12/h2-5H,1H3,(H,17,18). The largest absolute Gasteiger partial charge is 0.494 e. The van der Waals surface area contributed by atoms with Crippen molar-refractivity contribution >= 4 is 11.5 Å². The number of methoxy groups -OCH3 is 1. The number of hydrogen-bond acceptors (Lipinski definition) is 3. The molecule has 0 bridgehead atoms. The Kier molecular flexibility index (Phi) is 3.55. The van der Waals surface area contributed by atoms with Crippen LogP contribution in [0.15, 0.2) is 24.3 Å². The van der Waals surface area contributed by atoms with Gasteiger partial charge in [0.2, 0.25) is 0 Å². The lowest BCUT2D eigenvalue weighted by molar-refractivity contribution is 0.386. The van der Waals surface area contributed by atoms with Gasteiger partial charge in [-0.2, -0.15) is 9.37 Å². The number of aromatic nitrogens is 1. The van der Waals surface area contributed by atoms with Gasteiger partial charge in [0.25, 0.3) is 5.95 Å². The first-order valence-electron chi connectivity index (χ1n) is 5.13. The first-order valence-corrected chi connectivity index (χ1v) is 5.13. The molecule has 3 nitrogen and oxygen atoms in total. The van der Waals surface area contributed by atoms with Crippen LogP contribution in [0.2, 0.25) is 0 Å². The van der Waals surface area contributed by atoms with Gasteiger partial charge in [-0.25, -0.2) is 13.2 Å². The van der Waals surface area contributed by atoms with Crippen molar-refractivity contribution in [3.8, 4) is 5.75 Å². The van der Waals surface area contributed by atoms with E-state index in [1.54, 1.807) is 0 Å². The van der Waals surface area contributed by atoms with Gasteiger partial charge in [0.15, 0.2) is 29.0 Å². The molecule has 100 valence electrons. The topological polar surface area (TPSA) is 34.1 Å². The lowest BCUT2D eigenvalue weighted by atomic mass is 10.3. The van der Waals surface area contributed by atoms with Crippen molar-refractivity contribution in [3.05, 3.63) is 47.7 Å². The predicted octanol–water partition coefficient (Wildman–Crippen LogP) is 3.39. The van der Waals surface area contributed by atoms with Crippen molar-refractivity contribution in [2.75, 3.05) is 12.4 Å². The molecule has 0 fully saturated rings. The van der Waals surface area contributed by atoms with Crippen LogP contribution in [0.4, 0.5) is 29.1 Å². The highest BCUT2D eigenvalue weighted by Gasteiger charge is 2.12. The summed E-state index contributed by atoms with van der Waals surface area (Å²) < 4.78 is 57.0. The normalized spacial score (nSPS) is 10.4. The van der Waals surface area contributed by atoms with Gasteiger partial charge >= 0.3 is 0 Å². The Labute approximate surface area is 105 Å². The van der Waals surface area contributed by atoms with Gasteiger partial charge in [-0.1, -0.05) is 0 Å². The third-order valence-electron chi connectivity index (χ3n) is 2.30. The third-order valence-corrected chi connectivity index (χ3v) is 2.30. The van der Waals surface area contributed by atoms with Crippen molar-refractivity contribution < 1.29 is 22.3 Å².